The van der Waals surface area contributed by atoms with E-state index in [1.165, 1.54) is 11.3 Å². The van der Waals surface area contributed by atoms with Crippen molar-refractivity contribution in [1.29, 1.82) is 0 Å². The van der Waals surface area contributed by atoms with Crippen LogP contribution in [0.5, 0.6) is 0 Å². The zero-order chi connectivity index (χ0) is 18.3. The fourth-order valence-electron chi connectivity index (χ4n) is 4.52. The van der Waals surface area contributed by atoms with Gasteiger partial charge in [0.1, 0.15) is 0 Å². The zero-order valence-corrected chi connectivity index (χ0v) is 15.7. The van der Waals surface area contributed by atoms with E-state index in [4.69, 9.17) is 16.8 Å². The van der Waals surface area contributed by atoms with Crippen LogP contribution in [0, 0.1) is 17.3 Å². The van der Waals surface area contributed by atoms with Crippen LogP contribution in [-0.2, 0) is 16.1 Å². The summed E-state index contributed by atoms with van der Waals surface area (Å²) < 4.78 is 0.503. The van der Waals surface area contributed by atoms with E-state index in [0.717, 1.165) is 37.1 Å². The third-order valence-electron chi connectivity index (χ3n) is 5.89. The highest BCUT2D eigenvalue weighted by atomic mass is 35.5. The summed E-state index contributed by atoms with van der Waals surface area (Å²) in [6.45, 7) is 1.35. The number of carbonyl (C=O) groups excluding carboxylic acids is 2. The Balaban J connectivity index is 1.45. The van der Waals surface area contributed by atoms with Gasteiger partial charge in [-0.3, -0.25) is 14.8 Å². The molecule has 1 saturated heterocycles. The second-order valence-electron chi connectivity index (χ2n) is 7.33. The molecule has 4 rings (SSSR count). The van der Waals surface area contributed by atoms with E-state index in [-0.39, 0.29) is 23.2 Å². The Morgan fingerprint density at radius 3 is 3.04 bits per heavy atom. The van der Waals surface area contributed by atoms with Crippen LogP contribution < -0.4 is 5.48 Å². The highest BCUT2D eigenvalue weighted by Gasteiger charge is 2.50. The molecule has 8 heteroatoms. The molecular weight excluding hydrogens is 374 g/mol. The first-order valence-electron chi connectivity index (χ1n) is 8.75. The number of rotatable bonds is 3. The van der Waals surface area contributed by atoms with E-state index in [2.05, 4.69) is 4.98 Å². The Bertz CT molecular complexity index is 805. The van der Waals surface area contributed by atoms with Crippen LogP contribution in [-0.4, -0.2) is 33.5 Å². The molecule has 2 heterocycles. The number of fused-ring (bicyclic) bond motifs is 1. The summed E-state index contributed by atoms with van der Waals surface area (Å²) in [6.07, 6.45) is 10.9. The summed E-state index contributed by atoms with van der Waals surface area (Å²) >= 11 is 7.31. The second-order valence-corrected chi connectivity index (χ2v) is 9.03. The minimum absolute atomic E-state index is 0.233. The number of carbonyl (C=O) groups is 2. The first-order valence-corrected chi connectivity index (χ1v) is 9.94. The third kappa shape index (κ3) is 3.08. The summed E-state index contributed by atoms with van der Waals surface area (Å²) in [5.41, 5.74) is 1.89. The van der Waals surface area contributed by atoms with Gasteiger partial charge in [0, 0.05) is 23.2 Å². The fourth-order valence-corrected chi connectivity index (χ4v) is 5.51. The zero-order valence-electron chi connectivity index (χ0n) is 14.2. The first-order chi connectivity index (χ1) is 12.5. The molecule has 0 aromatic carbocycles. The molecule has 2 unspecified atom stereocenters. The van der Waals surface area contributed by atoms with Crippen LogP contribution in [0.3, 0.4) is 0 Å². The van der Waals surface area contributed by atoms with E-state index >= 15 is 0 Å². The molecule has 3 atom stereocenters. The van der Waals surface area contributed by atoms with Gasteiger partial charge < -0.3 is 4.90 Å². The highest BCUT2D eigenvalue weighted by Crippen LogP contribution is 2.51. The second kappa shape index (κ2) is 6.79. The van der Waals surface area contributed by atoms with Gasteiger partial charge in [-0.25, -0.2) is 10.5 Å². The highest BCUT2D eigenvalue weighted by molar-refractivity contribution is 7.15. The van der Waals surface area contributed by atoms with Crippen molar-refractivity contribution >= 4 is 34.8 Å². The number of aromatic nitrogens is 1. The number of thiazole rings is 1. The molecule has 3 aliphatic rings. The largest absolute Gasteiger partial charge is 0.337 e. The lowest BCUT2D eigenvalue weighted by Crippen LogP contribution is -2.40. The van der Waals surface area contributed by atoms with Gasteiger partial charge in [0.05, 0.1) is 12.0 Å². The number of hydroxylamine groups is 1. The number of halogens is 1. The molecule has 1 aliphatic heterocycles. The first kappa shape index (κ1) is 17.7. The van der Waals surface area contributed by atoms with E-state index in [0.29, 0.717) is 16.6 Å². The molecule has 2 fully saturated rings. The average molecular weight is 394 g/mol. The average Bonchev–Trinajstić information content (AvgIpc) is 3.19. The molecule has 1 spiro atoms. The monoisotopic (exact) mass is 393 g/mol. The van der Waals surface area contributed by atoms with Crippen LogP contribution in [0.25, 0.3) is 0 Å². The Morgan fingerprint density at radius 2 is 2.31 bits per heavy atom. The number of hydrogen-bond acceptors (Lipinski definition) is 5. The predicted molar refractivity (Wildman–Crippen MR) is 97.6 cm³/mol. The summed E-state index contributed by atoms with van der Waals surface area (Å²) in [4.78, 5) is 31.7. The quantitative estimate of drug-likeness (QED) is 0.611. The normalized spacial score (nSPS) is 30.5. The van der Waals surface area contributed by atoms with Gasteiger partial charge in [0.2, 0.25) is 5.91 Å². The smallest absolute Gasteiger partial charge is 0.274 e. The van der Waals surface area contributed by atoms with Gasteiger partial charge in [-0.1, -0.05) is 29.8 Å². The standard InChI is InChI=1S/C18H20ClN3O3S/c19-17-20-9-14(26-17)10-22-6-5-18(16(22)24)4-3-11-7-12(15(23)21-25)1-2-13(11)8-18/h1-2,7,9,11,13,25H,3-6,8,10H2,(H,21,23)/t11?,13?,18-/m0/s1. The van der Waals surface area contributed by atoms with E-state index < -0.39 is 5.91 Å². The van der Waals surface area contributed by atoms with Crippen molar-refractivity contribution in [3.8, 4) is 0 Å². The molecule has 2 amide bonds. The SMILES string of the molecule is O=C(NO)C1=CC2CC[C@]3(CCN(Cc4cnc(Cl)s4)C3=O)CC2C=C1. The van der Waals surface area contributed by atoms with Crippen molar-refractivity contribution in [3.63, 3.8) is 0 Å². The van der Waals surface area contributed by atoms with Gasteiger partial charge in [-0.05, 0) is 37.5 Å². The topological polar surface area (TPSA) is 82.5 Å². The van der Waals surface area contributed by atoms with Gasteiger partial charge >= 0.3 is 0 Å². The van der Waals surface area contributed by atoms with Crippen LogP contribution in [0.15, 0.2) is 30.0 Å². The van der Waals surface area contributed by atoms with Gasteiger partial charge in [-0.2, -0.15) is 0 Å². The molecule has 1 aromatic heterocycles. The summed E-state index contributed by atoms with van der Waals surface area (Å²) in [5, 5.41) is 8.80. The molecule has 1 saturated carbocycles. The van der Waals surface area contributed by atoms with Gasteiger partial charge in [-0.15, -0.1) is 11.3 Å². The third-order valence-corrected chi connectivity index (χ3v) is 6.99. The maximum absolute atomic E-state index is 13.1. The molecular formula is C18H20ClN3O3S. The number of allylic oxidation sites excluding steroid dienone is 2. The molecule has 26 heavy (non-hydrogen) atoms. The molecule has 0 bridgehead atoms. The maximum Gasteiger partial charge on any atom is 0.274 e. The lowest BCUT2D eigenvalue weighted by molar-refractivity contribution is -0.139. The Hall–Kier alpha value is -1.70. The summed E-state index contributed by atoms with van der Waals surface area (Å²) in [6, 6.07) is 0. The molecule has 6 nitrogen and oxygen atoms in total. The Morgan fingerprint density at radius 1 is 1.46 bits per heavy atom. The minimum Gasteiger partial charge on any atom is -0.337 e. The molecule has 2 aliphatic carbocycles. The number of nitrogens with one attached hydrogen (secondary N) is 1. The fraction of sp³-hybridized carbons (Fsp3) is 0.500. The Labute approximate surface area is 160 Å². The number of amides is 2. The molecule has 1 aromatic rings. The molecule has 0 radical (unpaired) electrons. The van der Waals surface area contributed by atoms with Crippen LogP contribution in [0.4, 0.5) is 0 Å². The Kier molecular flexibility index (Phi) is 4.62. The van der Waals surface area contributed by atoms with Gasteiger partial charge in [0.15, 0.2) is 4.47 Å². The van der Waals surface area contributed by atoms with E-state index in [1.54, 1.807) is 17.8 Å². The van der Waals surface area contributed by atoms with Crippen molar-refractivity contribution in [2.24, 2.45) is 17.3 Å². The minimum atomic E-state index is -0.480. The lowest BCUT2D eigenvalue weighted by Gasteiger charge is -2.40. The van der Waals surface area contributed by atoms with Crippen molar-refractivity contribution in [3.05, 3.63) is 39.3 Å². The molecule has 138 valence electrons. The predicted octanol–water partition coefficient (Wildman–Crippen LogP) is 2.93. The van der Waals surface area contributed by atoms with Crippen molar-refractivity contribution in [2.45, 2.75) is 32.2 Å². The van der Waals surface area contributed by atoms with Crippen LogP contribution in [0.2, 0.25) is 4.47 Å². The number of hydrogen-bond donors (Lipinski definition) is 2. The van der Waals surface area contributed by atoms with Crippen molar-refractivity contribution in [1.82, 2.24) is 15.4 Å². The lowest BCUT2D eigenvalue weighted by atomic mass is 9.63. The van der Waals surface area contributed by atoms with E-state index in [9.17, 15) is 9.59 Å². The van der Waals surface area contributed by atoms with Crippen molar-refractivity contribution in [2.75, 3.05) is 6.54 Å². The maximum atomic E-state index is 13.1. The van der Waals surface area contributed by atoms with E-state index in [1.807, 2.05) is 17.1 Å². The summed E-state index contributed by atoms with van der Waals surface area (Å²) in [5.74, 6) is 0.267. The molecule has 2 N–H and O–H groups in total. The van der Waals surface area contributed by atoms with Gasteiger partial charge in [0.25, 0.3) is 5.91 Å². The van der Waals surface area contributed by atoms with Crippen molar-refractivity contribution < 1.29 is 14.8 Å². The number of likely N-dealkylation sites (tertiary alicyclic amines) is 1. The van der Waals surface area contributed by atoms with Crippen LogP contribution >= 0.6 is 22.9 Å². The number of nitrogens with zero attached hydrogens (tertiary/aromatic N) is 2. The van der Waals surface area contributed by atoms with Crippen LogP contribution in [0.1, 0.15) is 30.6 Å². The summed E-state index contributed by atoms with van der Waals surface area (Å²) in [7, 11) is 0.